The molecule has 0 aromatic carbocycles. The van der Waals surface area contributed by atoms with Crippen LogP contribution in [0.15, 0.2) is 12.2 Å². The van der Waals surface area contributed by atoms with Gasteiger partial charge in [-0.15, -0.1) is 0 Å². The van der Waals surface area contributed by atoms with E-state index in [1.54, 1.807) is 0 Å². The Morgan fingerprint density at radius 2 is 1.26 bits per heavy atom. The summed E-state index contributed by atoms with van der Waals surface area (Å²) in [7, 11) is 1.60. The summed E-state index contributed by atoms with van der Waals surface area (Å²) in [6.45, 7) is 4.80. The third-order valence-corrected chi connectivity index (χ3v) is 8.75. The Kier molecular flexibility index (Phi) is 27.1. The summed E-state index contributed by atoms with van der Waals surface area (Å²) >= 11 is 0. The average Bonchev–Trinajstić information content (AvgIpc) is 2.94. The second-order valence-corrected chi connectivity index (χ2v) is 14.7. The van der Waals surface area contributed by atoms with Gasteiger partial charge in [0.15, 0.2) is 0 Å². The predicted octanol–water partition coefficient (Wildman–Crippen LogP) is 8.46. The molecule has 9 heteroatoms. The first-order chi connectivity index (χ1) is 20.5. The molecule has 0 radical (unpaired) electrons. The summed E-state index contributed by atoms with van der Waals surface area (Å²) in [5.41, 5.74) is 0. The lowest BCUT2D eigenvalue weighted by atomic mass is 10.0. The van der Waals surface area contributed by atoms with Crippen molar-refractivity contribution in [3.05, 3.63) is 12.2 Å². The number of quaternary nitrogens is 1. The largest absolute Gasteiger partial charge is 0.472 e. The van der Waals surface area contributed by atoms with E-state index in [1.807, 2.05) is 21.1 Å². The highest BCUT2D eigenvalue weighted by atomic mass is 31.2. The van der Waals surface area contributed by atoms with E-state index in [0.717, 1.165) is 44.9 Å². The summed E-state index contributed by atoms with van der Waals surface area (Å²) in [5, 5.41) is 13.8. The Morgan fingerprint density at radius 3 is 1.79 bits per heavy atom. The fraction of sp³-hybridized carbons (Fsp3) is 0.912. The van der Waals surface area contributed by atoms with Gasteiger partial charge in [-0.2, -0.15) is 0 Å². The van der Waals surface area contributed by atoms with Crippen molar-refractivity contribution in [1.29, 1.82) is 0 Å². The number of hydrogen-bond donors (Lipinski definition) is 3. The second-order valence-electron chi connectivity index (χ2n) is 13.2. The van der Waals surface area contributed by atoms with E-state index in [9.17, 15) is 19.4 Å². The summed E-state index contributed by atoms with van der Waals surface area (Å²) in [6, 6.07) is -0.767. The number of amides is 1. The molecule has 43 heavy (non-hydrogen) atoms. The number of aliphatic hydroxyl groups is 1. The Bertz CT molecular complexity index is 728. The topological polar surface area (TPSA) is 105 Å². The van der Waals surface area contributed by atoms with Crippen LogP contribution in [0.5, 0.6) is 0 Å². The first kappa shape index (κ1) is 42.2. The first-order valence-corrected chi connectivity index (χ1v) is 19.0. The average molecular weight is 634 g/mol. The molecule has 8 nitrogen and oxygen atoms in total. The molecule has 0 aliphatic rings. The van der Waals surface area contributed by atoms with Gasteiger partial charge in [0, 0.05) is 6.42 Å². The molecule has 0 aliphatic heterocycles. The number of phosphoric acid groups is 1. The van der Waals surface area contributed by atoms with Crippen molar-refractivity contribution in [2.24, 2.45) is 0 Å². The van der Waals surface area contributed by atoms with E-state index in [4.69, 9.17) is 9.05 Å². The first-order valence-electron chi connectivity index (χ1n) is 17.6. The van der Waals surface area contributed by atoms with Gasteiger partial charge in [0.1, 0.15) is 13.2 Å². The molecule has 0 spiro atoms. The van der Waals surface area contributed by atoms with Gasteiger partial charge in [0.05, 0.1) is 39.9 Å². The molecular weight excluding hydrogens is 563 g/mol. The maximum atomic E-state index is 12.7. The van der Waals surface area contributed by atoms with Crippen molar-refractivity contribution in [3.8, 4) is 0 Å². The van der Waals surface area contributed by atoms with E-state index < -0.39 is 20.0 Å². The molecular formula is C34H70N2O6P+. The van der Waals surface area contributed by atoms with Crippen LogP contribution in [0.3, 0.4) is 0 Å². The molecule has 0 rings (SSSR count). The molecule has 3 N–H and O–H groups in total. The van der Waals surface area contributed by atoms with E-state index in [0.29, 0.717) is 23.9 Å². The molecule has 0 aromatic rings. The SMILES string of the molecule is CCCCCCCC/C=C/CCCC[C@@H](O)[C@H](COP(=O)(O)OCC[N+](C)(C)C)NC(=O)CCCCCCCCCCC. The minimum Gasteiger partial charge on any atom is -0.391 e. The van der Waals surface area contributed by atoms with Crippen LogP contribution < -0.4 is 5.32 Å². The molecule has 1 unspecified atom stereocenters. The fourth-order valence-corrected chi connectivity index (χ4v) is 5.60. The van der Waals surface area contributed by atoms with Crippen LogP contribution in [-0.4, -0.2) is 73.4 Å². The number of rotatable bonds is 31. The molecule has 0 saturated carbocycles. The third kappa shape index (κ3) is 29.7. The molecule has 0 heterocycles. The monoisotopic (exact) mass is 633 g/mol. The normalized spacial score (nSPS) is 15.0. The van der Waals surface area contributed by atoms with Gasteiger partial charge in [-0.05, 0) is 38.5 Å². The Hall–Kier alpha value is -0.760. The number of nitrogens with one attached hydrogen (secondary N) is 1. The van der Waals surface area contributed by atoms with Crippen LogP contribution in [0.25, 0.3) is 0 Å². The lowest BCUT2D eigenvalue weighted by molar-refractivity contribution is -0.870. The predicted molar refractivity (Wildman–Crippen MR) is 180 cm³/mol. The molecule has 1 amide bonds. The van der Waals surface area contributed by atoms with Crippen molar-refractivity contribution in [1.82, 2.24) is 5.32 Å². The van der Waals surface area contributed by atoms with Gasteiger partial charge in [-0.1, -0.05) is 116 Å². The lowest BCUT2D eigenvalue weighted by Gasteiger charge is -2.26. The number of nitrogens with zero attached hydrogens (tertiary/aromatic N) is 1. The smallest absolute Gasteiger partial charge is 0.391 e. The van der Waals surface area contributed by atoms with Crippen molar-refractivity contribution in [3.63, 3.8) is 0 Å². The van der Waals surface area contributed by atoms with Crippen LogP contribution in [0.2, 0.25) is 0 Å². The van der Waals surface area contributed by atoms with Gasteiger partial charge in [0.25, 0.3) is 0 Å². The van der Waals surface area contributed by atoms with Crippen LogP contribution >= 0.6 is 7.82 Å². The highest BCUT2D eigenvalue weighted by Gasteiger charge is 2.28. The van der Waals surface area contributed by atoms with Gasteiger partial charge >= 0.3 is 7.82 Å². The maximum absolute atomic E-state index is 12.7. The molecule has 0 saturated heterocycles. The van der Waals surface area contributed by atoms with Crippen molar-refractivity contribution >= 4 is 13.7 Å². The third-order valence-electron chi connectivity index (χ3n) is 7.76. The summed E-state index contributed by atoms with van der Waals surface area (Å²) in [4.78, 5) is 22.9. The number of likely N-dealkylation sites (N-methyl/N-ethyl adjacent to an activating group) is 1. The van der Waals surface area contributed by atoms with E-state index >= 15 is 0 Å². The zero-order valence-electron chi connectivity index (χ0n) is 28.7. The maximum Gasteiger partial charge on any atom is 0.472 e. The van der Waals surface area contributed by atoms with Crippen LogP contribution in [0, 0.1) is 0 Å². The Balaban J connectivity index is 4.57. The van der Waals surface area contributed by atoms with Gasteiger partial charge < -0.3 is 19.8 Å². The van der Waals surface area contributed by atoms with E-state index in [1.165, 1.54) is 77.0 Å². The summed E-state index contributed by atoms with van der Waals surface area (Å²) in [6.07, 6.45) is 26.7. The van der Waals surface area contributed by atoms with Crippen LogP contribution in [0.1, 0.15) is 149 Å². The highest BCUT2D eigenvalue weighted by molar-refractivity contribution is 7.47. The molecule has 0 bridgehead atoms. The number of unbranched alkanes of at least 4 members (excludes halogenated alkanes) is 16. The van der Waals surface area contributed by atoms with E-state index in [2.05, 4.69) is 31.3 Å². The number of phosphoric ester groups is 1. The van der Waals surface area contributed by atoms with Gasteiger partial charge in [-0.3, -0.25) is 13.8 Å². The minimum atomic E-state index is -4.30. The van der Waals surface area contributed by atoms with Crippen molar-refractivity contribution < 1.29 is 32.9 Å². The minimum absolute atomic E-state index is 0.0713. The fourth-order valence-electron chi connectivity index (χ4n) is 4.86. The number of aliphatic hydroxyl groups excluding tert-OH is 1. The van der Waals surface area contributed by atoms with Crippen molar-refractivity contribution in [2.45, 2.75) is 161 Å². The number of carbonyl (C=O) groups is 1. The number of carbonyl (C=O) groups excluding carboxylic acids is 1. The molecule has 3 atom stereocenters. The van der Waals surface area contributed by atoms with Crippen LogP contribution in [0.4, 0.5) is 0 Å². The number of allylic oxidation sites excluding steroid dienone is 2. The molecule has 256 valence electrons. The van der Waals surface area contributed by atoms with Gasteiger partial charge in [0.2, 0.25) is 5.91 Å². The molecule has 0 fully saturated rings. The highest BCUT2D eigenvalue weighted by Crippen LogP contribution is 2.43. The molecule has 0 aliphatic carbocycles. The Morgan fingerprint density at radius 1 is 0.767 bits per heavy atom. The zero-order valence-corrected chi connectivity index (χ0v) is 29.6. The van der Waals surface area contributed by atoms with Crippen molar-refractivity contribution in [2.75, 3.05) is 40.9 Å². The molecule has 0 aromatic heterocycles. The zero-order chi connectivity index (χ0) is 32.2. The lowest BCUT2D eigenvalue weighted by Crippen LogP contribution is -2.46. The van der Waals surface area contributed by atoms with Gasteiger partial charge in [-0.25, -0.2) is 4.57 Å². The Labute approximate surface area is 265 Å². The summed E-state index contributed by atoms with van der Waals surface area (Å²) in [5.74, 6) is -0.160. The van der Waals surface area contributed by atoms with Crippen LogP contribution in [-0.2, 0) is 18.4 Å². The quantitative estimate of drug-likeness (QED) is 0.0306. The number of hydrogen-bond acceptors (Lipinski definition) is 5. The second kappa shape index (κ2) is 27.5. The summed E-state index contributed by atoms with van der Waals surface area (Å²) < 4.78 is 23.4. The van der Waals surface area contributed by atoms with E-state index in [-0.39, 0.29) is 19.1 Å². The standard InChI is InChI=1S/C34H69N2O6P/c1-6-8-10-12-14-16-17-18-20-21-23-25-27-33(37)32(31-42-43(39,40)41-30-29-36(3,4)5)35-34(38)28-26-24-22-19-15-13-11-9-7-2/h18,20,32-33,37H,6-17,19,21-31H2,1-5H3,(H-,35,38,39,40)/p+1/b20-18+/t32-,33+/m0/s1.